The molecular weight excluding hydrogens is 240 g/mol. The number of piperidine rings is 1. The topological polar surface area (TPSA) is 49.4 Å². The number of Topliss-reactive ketones (excluding diaryl/α,β-unsaturated/α-hetero) is 1. The van der Waals surface area contributed by atoms with Crippen molar-refractivity contribution in [2.45, 2.75) is 64.3 Å². The van der Waals surface area contributed by atoms with Gasteiger partial charge in [0.05, 0.1) is 0 Å². The van der Waals surface area contributed by atoms with Crippen LogP contribution >= 0.6 is 0 Å². The SMILES string of the molecule is CCCNC(=O)N1CCCCC1C1CCCCC1=O. The Kier molecular flexibility index (Phi) is 5.23. The number of carbonyl (C=O) groups is 2. The van der Waals surface area contributed by atoms with Gasteiger partial charge in [0.2, 0.25) is 0 Å². The Morgan fingerprint density at radius 3 is 2.79 bits per heavy atom. The molecule has 1 aliphatic heterocycles. The Morgan fingerprint density at radius 1 is 1.26 bits per heavy atom. The van der Waals surface area contributed by atoms with Crippen LogP contribution in [0.4, 0.5) is 4.79 Å². The van der Waals surface area contributed by atoms with E-state index in [1.165, 1.54) is 0 Å². The molecule has 0 spiro atoms. The van der Waals surface area contributed by atoms with Crippen LogP contribution in [-0.4, -0.2) is 35.8 Å². The second kappa shape index (κ2) is 6.92. The summed E-state index contributed by atoms with van der Waals surface area (Å²) in [5.41, 5.74) is 0. The van der Waals surface area contributed by atoms with Crippen molar-refractivity contribution in [2.24, 2.45) is 5.92 Å². The van der Waals surface area contributed by atoms with E-state index in [2.05, 4.69) is 12.2 Å². The van der Waals surface area contributed by atoms with Crippen LogP contribution in [0.2, 0.25) is 0 Å². The summed E-state index contributed by atoms with van der Waals surface area (Å²) in [6.07, 6.45) is 8.01. The van der Waals surface area contributed by atoms with Crippen LogP contribution in [0.15, 0.2) is 0 Å². The van der Waals surface area contributed by atoms with Crippen LogP contribution in [0.5, 0.6) is 0 Å². The molecule has 2 aliphatic rings. The number of amides is 2. The number of urea groups is 1. The minimum absolute atomic E-state index is 0.0323. The van der Waals surface area contributed by atoms with Crippen LogP contribution in [0.3, 0.4) is 0 Å². The number of nitrogens with one attached hydrogen (secondary N) is 1. The summed E-state index contributed by atoms with van der Waals surface area (Å²) in [7, 11) is 0. The Morgan fingerprint density at radius 2 is 2.05 bits per heavy atom. The molecule has 0 bridgehead atoms. The van der Waals surface area contributed by atoms with Gasteiger partial charge in [-0.25, -0.2) is 4.79 Å². The van der Waals surface area contributed by atoms with Crippen molar-refractivity contribution in [3.8, 4) is 0 Å². The number of rotatable bonds is 3. The van der Waals surface area contributed by atoms with E-state index in [4.69, 9.17) is 0 Å². The first-order chi connectivity index (χ1) is 9.24. The van der Waals surface area contributed by atoms with Crippen molar-refractivity contribution in [3.05, 3.63) is 0 Å². The third kappa shape index (κ3) is 3.48. The molecule has 1 heterocycles. The lowest BCUT2D eigenvalue weighted by atomic mass is 9.79. The number of nitrogens with zero attached hydrogens (tertiary/aromatic N) is 1. The molecular formula is C15H26N2O2. The van der Waals surface area contributed by atoms with Crippen molar-refractivity contribution in [3.63, 3.8) is 0 Å². The lowest BCUT2D eigenvalue weighted by molar-refractivity contribution is -0.127. The molecule has 1 aliphatic carbocycles. The highest BCUT2D eigenvalue weighted by molar-refractivity contribution is 5.83. The zero-order valence-corrected chi connectivity index (χ0v) is 12.0. The smallest absolute Gasteiger partial charge is 0.317 e. The van der Waals surface area contributed by atoms with E-state index < -0.39 is 0 Å². The van der Waals surface area contributed by atoms with E-state index in [1.807, 2.05) is 4.90 Å². The van der Waals surface area contributed by atoms with E-state index in [1.54, 1.807) is 0 Å². The minimum Gasteiger partial charge on any atom is -0.338 e. The summed E-state index contributed by atoms with van der Waals surface area (Å²) >= 11 is 0. The van der Waals surface area contributed by atoms with E-state index in [0.717, 1.165) is 58.0 Å². The molecule has 2 amide bonds. The Hall–Kier alpha value is -1.06. The number of ketones is 1. The summed E-state index contributed by atoms with van der Waals surface area (Å²) in [4.78, 5) is 26.3. The van der Waals surface area contributed by atoms with Crippen molar-refractivity contribution >= 4 is 11.8 Å². The highest BCUT2D eigenvalue weighted by Gasteiger charge is 2.37. The van der Waals surface area contributed by atoms with Crippen molar-refractivity contribution in [2.75, 3.05) is 13.1 Å². The lowest BCUT2D eigenvalue weighted by Gasteiger charge is -2.41. The van der Waals surface area contributed by atoms with Crippen molar-refractivity contribution in [1.82, 2.24) is 10.2 Å². The fourth-order valence-corrected chi connectivity index (χ4v) is 3.38. The average molecular weight is 266 g/mol. The van der Waals surface area contributed by atoms with Gasteiger partial charge in [0.25, 0.3) is 0 Å². The molecule has 108 valence electrons. The molecule has 2 unspecified atom stereocenters. The van der Waals surface area contributed by atoms with Gasteiger partial charge in [0, 0.05) is 31.5 Å². The molecule has 0 aromatic carbocycles. The van der Waals surface area contributed by atoms with Crippen LogP contribution < -0.4 is 5.32 Å². The monoisotopic (exact) mass is 266 g/mol. The van der Waals surface area contributed by atoms with E-state index >= 15 is 0 Å². The van der Waals surface area contributed by atoms with Gasteiger partial charge in [-0.1, -0.05) is 13.3 Å². The van der Waals surface area contributed by atoms with Crippen molar-refractivity contribution in [1.29, 1.82) is 0 Å². The number of hydrogen-bond donors (Lipinski definition) is 1. The van der Waals surface area contributed by atoms with Gasteiger partial charge in [-0.2, -0.15) is 0 Å². The summed E-state index contributed by atoms with van der Waals surface area (Å²) in [6.45, 7) is 3.59. The molecule has 4 nitrogen and oxygen atoms in total. The standard InChI is InChI=1S/C15H26N2O2/c1-2-10-16-15(19)17-11-6-5-8-13(17)12-7-3-4-9-14(12)18/h12-13H,2-11H2,1H3,(H,16,19). The molecule has 4 heteroatoms. The molecule has 0 radical (unpaired) electrons. The van der Waals surface area contributed by atoms with Gasteiger partial charge in [-0.15, -0.1) is 0 Å². The largest absolute Gasteiger partial charge is 0.338 e. The van der Waals surface area contributed by atoms with E-state index in [0.29, 0.717) is 12.2 Å². The molecule has 1 saturated carbocycles. The zero-order chi connectivity index (χ0) is 13.7. The summed E-state index contributed by atoms with van der Waals surface area (Å²) in [5.74, 6) is 0.480. The lowest BCUT2D eigenvalue weighted by Crippen LogP contribution is -2.53. The Bertz CT molecular complexity index is 330. The van der Waals surface area contributed by atoms with E-state index in [-0.39, 0.29) is 18.0 Å². The molecule has 2 rings (SSSR count). The summed E-state index contributed by atoms with van der Waals surface area (Å²) in [6, 6.07) is 0.184. The molecule has 19 heavy (non-hydrogen) atoms. The maximum Gasteiger partial charge on any atom is 0.317 e. The first-order valence-corrected chi connectivity index (χ1v) is 7.81. The first-order valence-electron chi connectivity index (χ1n) is 7.81. The van der Waals surface area contributed by atoms with Gasteiger partial charge in [-0.05, 0) is 38.5 Å². The molecule has 1 N–H and O–H groups in total. The third-order valence-electron chi connectivity index (χ3n) is 4.40. The predicted octanol–water partition coefficient (Wildman–Crippen LogP) is 2.72. The fraction of sp³-hybridized carbons (Fsp3) is 0.867. The van der Waals surface area contributed by atoms with Gasteiger partial charge >= 0.3 is 6.03 Å². The highest BCUT2D eigenvalue weighted by Crippen LogP contribution is 2.31. The zero-order valence-electron chi connectivity index (χ0n) is 12.0. The summed E-state index contributed by atoms with van der Waals surface area (Å²) in [5, 5.41) is 2.96. The number of hydrogen-bond acceptors (Lipinski definition) is 2. The van der Waals surface area contributed by atoms with Crippen LogP contribution in [0.25, 0.3) is 0 Å². The molecule has 0 aromatic heterocycles. The second-order valence-electron chi connectivity index (χ2n) is 5.81. The average Bonchev–Trinajstić information content (AvgIpc) is 2.45. The molecule has 2 atom stereocenters. The third-order valence-corrected chi connectivity index (χ3v) is 4.40. The Balaban J connectivity index is 2.02. The van der Waals surface area contributed by atoms with Gasteiger partial charge in [0.1, 0.15) is 5.78 Å². The van der Waals surface area contributed by atoms with Crippen LogP contribution in [0.1, 0.15) is 58.3 Å². The predicted molar refractivity (Wildman–Crippen MR) is 75.0 cm³/mol. The van der Waals surface area contributed by atoms with Crippen LogP contribution in [-0.2, 0) is 4.79 Å². The van der Waals surface area contributed by atoms with Gasteiger partial charge < -0.3 is 10.2 Å². The minimum atomic E-state index is 0.0323. The normalized spacial score (nSPS) is 28.3. The van der Waals surface area contributed by atoms with Gasteiger partial charge in [-0.3, -0.25) is 4.79 Å². The quantitative estimate of drug-likeness (QED) is 0.854. The maximum atomic E-state index is 12.2. The second-order valence-corrected chi connectivity index (χ2v) is 5.81. The summed E-state index contributed by atoms with van der Waals surface area (Å²) < 4.78 is 0. The first kappa shape index (κ1) is 14.4. The molecule has 2 fully saturated rings. The van der Waals surface area contributed by atoms with Crippen molar-refractivity contribution < 1.29 is 9.59 Å². The molecule has 0 aromatic rings. The molecule has 1 saturated heterocycles. The van der Waals surface area contributed by atoms with Crippen LogP contribution in [0, 0.1) is 5.92 Å². The number of likely N-dealkylation sites (tertiary alicyclic amines) is 1. The van der Waals surface area contributed by atoms with Gasteiger partial charge in [0.15, 0.2) is 0 Å². The maximum absolute atomic E-state index is 12.2. The number of carbonyl (C=O) groups excluding carboxylic acids is 2. The Labute approximate surface area is 115 Å². The highest BCUT2D eigenvalue weighted by atomic mass is 16.2. The van der Waals surface area contributed by atoms with E-state index in [9.17, 15) is 9.59 Å². The fourth-order valence-electron chi connectivity index (χ4n) is 3.38.